The lowest BCUT2D eigenvalue weighted by atomic mass is 9.96. The zero-order chi connectivity index (χ0) is 9.97. The molecule has 2 rings (SSSR count). The SMILES string of the molecule is N#Cc1c(F)cccc1OC1CCC1. The Morgan fingerprint density at radius 2 is 2.21 bits per heavy atom. The number of rotatable bonds is 2. The minimum absolute atomic E-state index is 0.0133. The summed E-state index contributed by atoms with van der Waals surface area (Å²) in [5, 5.41) is 8.73. The maximum Gasteiger partial charge on any atom is 0.144 e. The summed E-state index contributed by atoms with van der Waals surface area (Å²) in [4.78, 5) is 0. The van der Waals surface area contributed by atoms with Crippen molar-refractivity contribution in [2.45, 2.75) is 25.4 Å². The van der Waals surface area contributed by atoms with Gasteiger partial charge in [-0.3, -0.25) is 0 Å². The van der Waals surface area contributed by atoms with E-state index in [2.05, 4.69) is 0 Å². The second-order valence-electron chi connectivity index (χ2n) is 3.40. The Morgan fingerprint density at radius 3 is 2.79 bits per heavy atom. The fourth-order valence-electron chi connectivity index (χ4n) is 1.38. The summed E-state index contributed by atoms with van der Waals surface area (Å²) in [6, 6.07) is 6.29. The third-order valence-corrected chi connectivity index (χ3v) is 2.43. The Labute approximate surface area is 81.9 Å². The molecule has 72 valence electrons. The topological polar surface area (TPSA) is 33.0 Å². The van der Waals surface area contributed by atoms with Crippen LogP contribution in [0.2, 0.25) is 0 Å². The molecule has 3 heteroatoms. The average Bonchev–Trinajstić information content (AvgIpc) is 2.11. The van der Waals surface area contributed by atoms with Gasteiger partial charge in [-0.05, 0) is 31.4 Å². The molecule has 1 aromatic rings. The van der Waals surface area contributed by atoms with Crippen LogP contribution in [0.15, 0.2) is 18.2 Å². The molecule has 2 nitrogen and oxygen atoms in total. The Balaban J connectivity index is 2.23. The lowest BCUT2D eigenvalue weighted by Gasteiger charge is -2.26. The Bertz CT molecular complexity index is 379. The van der Waals surface area contributed by atoms with Gasteiger partial charge in [-0.2, -0.15) is 5.26 Å². The van der Waals surface area contributed by atoms with Crippen LogP contribution in [0.5, 0.6) is 5.75 Å². The Kier molecular flexibility index (Phi) is 2.36. The van der Waals surface area contributed by atoms with E-state index in [1.807, 2.05) is 6.07 Å². The third kappa shape index (κ3) is 1.56. The molecular weight excluding hydrogens is 181 g/mol. The molecule has 1 aromatic carbocycles. The first-order valence-corrected chi connectivity index (χ1v) is 4.66. The van der Waals surface area contributed by atoms with Crippen LogP contribution in [0.4, 0.5) is 4.39 Å². The van der Waals surface area contributed by atoms with Gasteiger partial charge in [0, 0.05) is 0 Å². The van der Waals surface area contributed by atoms with Crippen molar-refractivity contribution in [2.24, 2.45) is 0 Å². The summed E-state index contributed by atoms with van der Waals surface area (Å²) >= 11 is 0. The number of hydrogen-bond acceptors (Lipinski definition) is 2. The molecule has 1 aliphatic carbocycles. The van der Waals surface area contributed by atoms with E-state index in [4.69, 9.17) is 10.00 Å². The minimum Gasteiger partial charge on any atom is -0.489 e. The molecule has 0 bridgehead atoms. The fourth-order valence-corrected chi connectivity index (χ4v) is 1.38. The van der Waals surface area contributed by atoms with E-state index in [1.165, 1.54) is 6.07 Å². The second-order valence-corrected chi connectivity index (χ2v) is 3.40. The van der Waals surface area contributed by atoms with Crippen LogP contribution in [-0.2, 0) is 0 Å². The molecule has 0 aliphatic heterocycles. The van der Waals surface area contributed by atoms with Gasteiger partial charge in [0.05, 0.1) is 6.10 Å². The largest absolute Gasteiger partial charge is 0.489 e. The van der Waals surface area contributed by atoms with Crippen molar-refractivity contribution in [3.63, 3.8) is 0 Å². The lowest BCUT2D eigenvalue weighted by molar-refractivity contribution is 0.119. The number of hydrogen-bond donors (Lipinski definition) is 0. The van der Waals surface area contributed by atoms with Gasteiger partial charge < -0.3 is 4.74 Å². The summed E-state index contributed by atoms with van der Waals surface area (Å²) in [7, 11) is 0. The van der Waals surface area contributed by atoms with Gasteiger partial charge >= 0.3 is 0 Å². The van der Waals surface area contributed by atoms with E-state index in [0.29, 0.717) is 5.75 Å². The van der Waals surface area contributed by atoms with Crippen LogP contribution in [0.3, 0.4) is 0 Å². The van der Waals surface area contributed by atoms with Crippen molar-refractivity contribution in [3.05, 3.63) is 29.6 Å². The molecule has 1 saturated carbocycles. The molecule has 0 saturated heterocycles. The molecule has 0 atom stereocenters. The van der Waals surface area contributed by atoms with Crippen molar-refractivity contribution in [1.29, 1.82) is 5.26 Å². The highest BCUT2D eigenvalue weighted by Gasteiger charge is 2.21. The third-order valence-electron chi connectivity index (χ3n) is 2.43. The van der Waals surface area contributed by atoms with E-state index in [0.717, 1.165) is 19.3 Å². The first-order chi connectivity index (χ1) is 6.81. The van der Waals surface area contributed by atoms with E-state index >= 15 is 0 Å². The van der Waals surface area contributed by atoms with Gasteiger partial charge in [0.25, 0.3) is 0 Å². The molecule has 1 fully saturated rings. The van der Waals surface area contributed by atoms with E-state index in [9.17, 15) is 4.39 Å². The summed E-state index contributed by atoms with van der Waals surface area (Å²) in [6.07, 6.45) is 3.33. The highest BCUT2D eigenvalue weighted by Crippen LogP contribution is 2.28. The molecule has 0 amide bonds. The van der Waals surface area contributed by atoms with Crippen molar-refractivity contribution in [1.82, 2.24) is 0 Å². The minimum atomic E-state index is -0.510. The zero-order valence-corrected chi connectivity index (χ0v) is 7.66. The first kappa shape index (κ1) is 9.01. The summed E-state index contributed by atoms with van der Waals surface area (Å²) < 4.78 is 18.6. The van der Waals surface area contributed by atoms with Crippen molar-refractivity contribution < 1.29 is 9.13 Å². The van der Waals surface area contributed by atoms with Crippen LogP contribution >= 0.6 is 0 Å². The van der Waals surface area contributed by atoms with Gasteiger partial charge in [0.2, 0.25) is 0 Å². The maximum absolute atomic E-state index is 13.1. The molecule has 0 aromatic heterocycles. The molecule has 0 heterocycles. The summed E-state index contributed by atoms with van der Waals surface area (Å²) in [5.74, 6) is -0.137. The van der Waals surface area contributed by atoms with E-state index in [1.54, 1.807) is 12.1 Å². The highest BCUT2D eigenvalue weighted by atomic mass is 19.1. The lowest BCUT2D eigenvalue weighted by Crippen LogP contribution is -2.25. The molecule has 0 N–H and O–H groups in total. The Hall–Kier alpha value is -1.56. The smallest absolute Gasteiger partial charge is 0.144 e. The molecule has 0 radical (unpaired) electrons. The van der Waals surface area contributed by atoms with Crippen LogP contribution in [0.25, 0.3) is 0 Å². The zero-order valence-electron chi connectivity index (χ0n) is 7.66. The van der Waals surface area contributed by atoms with Crippen LogP contribution in [-0.4, -0.2) is 6.10 Å². The Morgan fingerprint density at radius 1 is 1.43 bits per heavy atom. The van der Waals surface area contributed by atoms with Gasteiger partial charge in [0.15, 0.2) is 0 Å². The molecule has 14 heavy (non-hydrogen) atoms. The number of nitrogens with zero attached hydrogens (tertiary/aromatic N) is 1. The van der Waals surface area contributed by atoms with Crippen molar-refractivity contribution in [2.75, 3.05) is 0 Å². The average molecular weight is 191 g/mol. The number of halogens is 1. The van der Waals surface area contributed by atoms with Gasteiger partial charge in [-0.15, -0.1) is 0 Å². The number of ether oxygens (including phenoxy) is 1. The van der Waals surface area contributed by atoms with Gasteiger partial charge in [-0.25, -0.2) is 4.39 Å². The second kappa shape index (κ2) is 3.67. The molecular formula is C11H10FNO. The van der Waals surface area contributed by atoms with Crippen molar-refractivity contribution >= 4 is 0 Å². The highest BCUT2D eigenvalue weighted by molar-refractivity contribution is 5.43. The predicted molar refractivity (Wildman–Crippen MR) is 49.4 cm³/mol. The monoisotopic (exact) mass is 191 g/mol. The van der Waals surface area contributed by atoms with Gasteiger partial charge in [0.1, 0.15) is 23.2 Å². The predicted octanol–water partition coefficient (Wildman–Crippen LogP) is 2.63. The summed E-state index contributed by atoms with van der Waals surface area (Å²) in [5.41, 5.74) is 0.0133. The van der Waals surface area contributed by atoms with Crippen LogP contribution in [0.1, 0.15) is 24.8 Å². The van der Waals surface area contributed by atoms with Crippen molar-refractivity contribution in [3.8, 4) is 11.8 Å². The van der Waals surface area contributed by atoms with Crippen LogP contribution < -0.4 is 4.74 Å². The number of benzene rings is 1. The quantitative estimate of drug-likeness (QED) is 0.719. The first-order valence-electron chi connectivity index (χ1n) is 4.66. The van der Waals surface area contributed by atoms with E-state index < -0.39 is 5.82 Å². The van der Waals surface area contributed by atoms with Crippen LogP contribution in [0, 0.1) is 17.1 Å². The number of nitriles is 1. The molecule has 0 spiro atoms. The normalized spacial score (nSPS) is 15.7. The molecule has 0 unspecified atom stereocenters. The standard InChI is InChI=1S/C11H10FNO/c12-10-5-2-6-11(9(10)7-13)14-8-3-1-4-8/h2,5-6,8H,1,3-4H2. The van der Waals surface area contributed by atoms with E-state index in [-0.39, 0.29) is 11.7 Å². The fraction of sp³-hybridized carbons (Fsp3) is 0.364. The molecule has 1 aliphatic rings. The maximum atomic E-state index is 13.1. The van der Waals surface area contributed by atoms with Gasteiger partial charge in [-0.1, -0.05) is 6.07 Å². The summed E-state index contributed by atoms with van der Waals surface area (Å²) in [6.45, 7) is 0.